The zero-order chi connectivity index (χ0) is 12.3. The van der Waals surface area contributed by atoms with Crippen molar-refractivity contribution in [2.75, 3.05) is 5.32 Å². The summed E-state index contributed by atoms with van der Waals surface area (Å²) < 4.78 is 1.74. The molecule has 2 N–H and O–H groups in total. The second-order valence-electron chi connectivity index (χ2n) is 3.51. The van der Waals surface area contributed by atoms with E-state index in [0.717, 1.165) is 5.69 Å². The number of hydrogen-bond acceptors (Lipinski definition) is 4. The highest BCUT2D eigenvalue weighted by Gasteiger charge is 2.05. The Morgan fingerprint density at radius 3 is 2.94 bits per heavy atom. The number of carbonyl (C=O) groups is 1. The van der Waals surface area contributed by atoms with Crippen molar-refractivity contribution in [3.05, 3.63) is 41.9 Å². The summed E-state index contributed by atoms with van der Waals surface area (Å²) in [4.78, 5) is 14.7. The average Bonchev–Trinajstić information content (AvgIpc) is 2.72. The van der Waals surface area contributed by atoms with Gasteiger partial charge in [-0.25, -0.2) is 9.78 Å². The monoisotopic (exact) mass is 232 g/mol. The van der Waals surface area contributed by atoms with E-state index in [0.29, 0.717) is 12.4 Å². The topological polar surface area (TPSA) is 80.0 Å². The van der Waals surface area contributed by atoms with Crippen LogP contribution in [0.15, 0.2) is 30.5 Å². The summed E-state index contributed by atoms with van der Waals surface area (Å²) in [6.07, 6.45) is 1.71. The summed E-state index contributed by atoms with van der Waals surface area (Å²) in [5.41, 5.74) is 1.02. The number of rotatable bonds is 4. The minimum Gasteiger partial charge on any atom is -0.477 e. The summed E-state index contributed by atoms with van der Waals surface area (Å²) in [7, 11) is 1.85. The maximum Gasteiger partial charge on any atom is 0.354 e. The molecule has 0 atom stereocenters. The number of hydrogen-bond donors (Lipinski definition) is 2. The van der Waals surface area contributed by atoms with E-state index >= 15 is 0 Å². The number of nitrogens with one attached hydrogen (secondary N) is 1. The van der Waals surface area contributed by atoms with Gasteiger partial charge in [-0.05, 0) is 18.2 Å². The molecule has 17 heavy (non-hydrogen) atoms. The zero-order valence-electron chi connectivity index (χ0n) is 9.29. The predicted molar refractivity (Wildman–Crippen MR) is 61.7 cm³/mol. The molecular formula is C11H12N4O2. The fourth-order valence-electron chi connectivity index (χ4n) is 1.41. The minimum absolute atomic E-state index is 0.0278. The van der Waals surface area contributed by atoms with Gasteiger partial charge in [0.1, 0.15) is 5.82 Å². The third-order valence-corrected chi connectivity index (χ3v) is 2.34. The van der Waals surface area contributed by atoms with Crippen LogP contribution in [0, 0.1) is 0 Å². The first-order valence-electron chi connectivity index (χ1n) is 5.08. The molecule has 2 aromatic heterocycles. The van der Waals surface area contributed by atoms with Crippen LogP contribution in [0.3, 0.4) is 0 Å². The summed E-state index contributed by atoms with van der Waals surface area (Å²) in [6.45, 7) is 0.548. The molecule has 0 spiro atoms. The number of anilines is 1. The lowest BCUT2D eigenvalue weighted by atomic mass is 10.3. The molecule has 2 rings (SSSR count). The highest BCUT2D eigenvalue weighted by molar-refractivity contribution is 5.85. The lowest BCUT2D eigenvalue weighted by Crippen LogP contribution is -2.08. The number of aromatic carboxylic acids is 1. The largest absolute Gasteiger partial charge is 0.477 e. The highest BCUT2D eigenvalue weighted by Crippen LogP contribution is 2.07. The Balaban J connectivity index is 2.07. The lowest BCUT2D eigenvalue weighted by Gasteiger charge is -2.06. The van der Waals surface area contributed by atoms with Crippen molar-refractivity contribution in [2.24, 2.45) is 7.05 Å². The van der Waals surface area contributed by atoms with Crippen molar-refractivity contribution in [1.29, 1.82) is 0 Å². The number of pyridine rings is 1. The fourth-order valence-corrected chi connectivity index (χ4v) is 1.41. The molecule has 0 saturated heterocycles. The molecule has 0 aliphatic carbocycles. The highest BCUT2D eigenvalue weighted by atomic mass is 16.4. The fraction of sp³-hybridized carbons (Fsp3) is 0.182. The first kappa shape index (κ1) is 11.1. The summed E-state index contributed by atoms with van der Waals surface area (Å²) in [5.74, 6) is -0.500. The molecule has 0 unspecified atom stereocenters. The number of nitrogens with zero attached hydrogens (tertiary/aromatic N) is 3. The first-order chi connectivity index (χ1) is 8.16. The SMILES string of the molecule is Cn1nccc1CNc1cccc(C(=O)O)n1. The molecule has 6 heteroatoms. The van der Waals surface area contributed by atoms with Gasteiger partial charge in [-0.1, -0.05) is 6.07 Å². The zero-order valence-corrected chi connectivity index (χ0v) is 9.29. The van der Waals surface area contributed by atoms with Gasteiger partial charge in [-0.2, -0.15) is 5.10 Å². The first-order valence-corrected chi connectivity index (χ1v) is 5.08. The van der Waals surface area contributed by atoms with E-state index < -0.39 is 5.97 Å². The Hall–Kier alpha value is -2.37. The molecule has 2 heterocycles. The Kier molecular flexibility index (Phi) is 3.04. The minimum atomic E-state index is -1.03. The van der Waals surface area contributed by atoms with Gasteiger partial charge in [0.05, 0.1) is 12.2 Å². The van der Waals surface area contributed by atoms with Crippen molar-refractivity contribution in [1.82, 2.24) is 14.8 Å². The van der Waals surface area contributed by atoms with Crippen molar-refractivity contribution < 1.29 is 9.90 Å². The average molecular weight is 232 g/mol. The third kappa shape index (κ3) is 2.60. The van der Waals surface area contributed by atoms with Gasteiger partial charge >= 0.3 is 5.97 Å². The summed E-state index contributed by atoms with van der Waals surface area (Å²) in [6, 6.07) is 6.72. The normalized spacial score (nSPS) is 10.2. The lowest BCUT2D eigenvalue weighted by molar-refractivity contribution is 0.0690. The Labute approximate surface area is 97.9 Å². The third-order valence-electron chi connectivity index (χ3n) is 2.34. The number of aromatic nitrogens is 3. The van der Waals surface area contributed by atoms with Gasteiger partial charge in [0.25, 0.3) is 0 Å². The number of carboxylic acids is 1. The summed E-state index contributed by atoms with van der Waals surface area (Å²) in [5, 5.41) is 15.9. The molecule has 0 aliphatic rings. The molecule has 0 radical (unpaired) electrons. The molecule has 0 aromatic carbocycles. The molecule has 0 aliphatic heterocycles. The van der Waals surface area contributed by atoms with Crippen LogP contribution in [0.25, 0.3) is 0 Å². The van der Waals surface area contributed by atoms with Crippen LogP contribution >= 0.6 is 0 Å². The number of aryl methyl sites for hydroxylation is 1. The molecule has 88 valence electrons. The van der Waals surface area contributed by atoms with Gasteiger partial charge in [-0.3, -0.25) is 4.68 Å². The van der Waals surface area contributed by atoms with Crippen LogP contribution in [0.1, 0.15) is 16.2 Å². The molecule has 0 saturated carbocycles. The molecule has 0 fully saturated rings. The van der Waals surface area contributed by atoms with Crippen molar-refractivity contribution in [3.63, 3.8) is 0 Å². The Morgan fingerprint density at radius 2 is 2.29 bits per heavy atom. The van der Waals surface area contributed by atoms with E-state index in [-0.39, 0.29) is 5.69 Å². The van der Waals surface area contributed by atoms with Gasteiger partial charge in [0.15, 0.2) is 5.69 Å². The molecule has 0 amide bonds. The van der Waals surface area contributed by atoms with Crippen LogP contribution < -0.4 is 5.32 Å². The van der Waals surface area contributed by atoms with Crippen LogP contribution in [0.4, 0.5) is 5.82 Å². The quantitative estimate of drug-likeness (QED) is 0.825. The Bertz CT molecular complexity index is 536. The predicted octanol–water partition coefficient (Wildman–Crippen LogP) is 1.13. The van der Waals surface area contributed by atoms with E-state index in [1.807, 2.05) is 13.1 Å². The van der Waals surface area contributed by atoms with E-state index in [1.165, 1.54) is 6.07 Å². The van der Waals surface area contributed by atoms with Crippen LogP contribution in [0.2, 0.25) is 0 Å². The Morgan fingerprint density at radius 1 is 1.47 bits per heavy atom. The van der Waals surface area contributed by atoms with E-state index in [2.05, 4.69) is 15.4 Å². The van der Waals surface area contributed by atoms with Crippen molar-refractivity contribution >= 4 is 11.8 Å². The maximum atomic E-state index is 10.7. The van der Waals surface area contributed by atoms with Crippen LogP contribution in [-0.4, -0.2) is 25.8 Å². The molecular weight excluding hydrogens is 220 g/mol. The second-order valence-corrected chi connectivity index (χ2v) is 3.51. The second kappa shape index (κ2) is 4.65. The van der Waals surface area contributed by atoms with E-state index in [9.17, 15) is 4.79 Å². The van der Waals surface area contributed by atoms with Gasteiger partial charge in [-0.15, -0.1) is 0 Å². The van der Waals surface area contributed by atoms with Gasteiger partial charge in [0.2, 0.25) is 0 Å². The van der Waals surface area contributed by atoms with Crippen LogP contribution in [-0.2, 0) is 13.6 Å². The standard InChI is InChI=1S/C11H12N4O2/c1-15-8(5-6-13-15)7-12-10-4-2-3-9(14-10)11(16)17/h2-6H,7H2,1H3,(H,12,14)(H,16,17). The molecule has 6 nitrogen and oxygen atoms in total. The smallest absolute Gasteiger partial charge is 0.354 e. The van der Waals surface area contributed by atoms with E-state index in [1.54, 1.807) is 23.0 Å². The van der Waals surface area contributed by atoms with Gasteiger partial charge < -0.3 is 10.4 Å². The summed E-state index contributed by atoms with van der Waals surface area (Å²) >= 11 is 0. The number of carboxylic acid groups (broad SMARTS) is 1. The molecule has 2 aromatic rings. The molecule has 0 bridgehead atoms. The van der Waals surface area contributed by atoms with Crippen molar-refractivity contribution in [3.8, 4) is 0 Å². The van der Waals surface area contributed by atoms with E-state index in [4.69, 9.17) is 5.11 Å². The van der Waals surface area contributed by atoms with Gasteiger partial charge in [0, 0.05) is 13.2 Å². The van der Waals surface area contributed by atoms with Crippen molar-refractivity contribution in [2.45, 2.75) is 6.54 Å². The van der Waals surface area contributed by atoms with Crippen LogP contribution in [0.5, 0.6) is 0 Å². The maximum absolute atomic E-state index is 10.7.